The maximum atomic E-state index is 13.9. The van der Waals surface area contributed by atoms with Crippen LogP contribution in [0.4, 0.5) is 10.1 Å². The Labute approximate surface area is 148 Å². The molecule has 0 saturated carbocycles. The SMILES string of the molecule is Cc1c(F)cc(C(N)=O)cc1NC(=O)C(C)Sc1ccccc1Cl. The first-order valence-electron chi connectivity index (χ1n) is 7.11. The molecule has 126 valence electrons. The van der Waals surface area contributed by atoms with Gasteiger partial charge in [0.1, 0.15) is 5.82 Å². The fraction of sp³-hybridized carbons (Fsp3) is 0.176. The highest BCUT2D eigenvalue weighted by atomic mass is 35.5. The number of carbonyl (C=O) groups excluding carboxylic acids is 2. The number of anilines is 1. The predicted octanol–water partition coefficient (Wildman–Crippen LogP) is 4.01. The lowest BCUT2D eigenvalue weighted by Gasteiger charge is -2.15. The number of amides is 2. The second-order valence-electron chi connectivity index (χ2n) is 5.17. The van der Waals surface area contributed by atoms with Gasteiger partial charge in [0.15, 0.2) is 0 Å². The van der Waals surface area contributed by atoms with Crippen molar-refractivity contribution in [2.45, 2.75) is 24.0 Å². The van der Waals surface area contributed by atoms with Crippen LogP contribution < -0.4 is 11.1 Å². The number of nitrogens with two attached hydrogens (primary N) is 1. The molecule has 0 fully saturated rings. The third-order valence-electron chi connectivity index (χ3n) is 3.40. The zero-order valence-electron chi connectivity index (χ0n) is 13.1. The quantitative estimate of drug-likeness (QED) is 0.785. The lowest BCUT2D eigenvalue weighted by atomic mass is 10.1. The first kappa shape index (κ1) is 18.3. The van der Waals surface area contributed by atoms with E-state index in [2.05, 4.69) is 5.32 Å². The van der Waals surface area contributed by atoms with Crippen LogP contribution in [-0.4, -0.2) is 17.1 Å². The largest absolute Gasteiger partial charge is 0.366 e. The number of thioether (sulfide) groups is 1. The Balaban J connectivity index is 2.17. The lowest BCUT2D eigenvalue weighted by Crippen LogP contribution is -2.23. The maximum Gasteiger partial charge on any atom is 0.248 e. The van der Waals surface area contributed by atoms with Crippen LogP contribution >= 0.6 is 23.4 Å². The van der Waals surface area contributed by atoms with Gasteiger partial charge in [0.2, 0.25) is 11.8 Å². The molecule has 3 N–H and O–H groups in total. The summed E-state index contributed by atoms with van der Waals surface area (Å²) in [6.45, 7) is 3.23. The average Bonchev–Trinajstić information content (AvgIpc) is 2.53. The smallest absolute Gasteiger partial charge is 0.248 e. The molecule has 0 aromatic heterocycles. The Morgan fingerprint density at radius 1 is 1.29 bits per heavy atom. The number of carbonyl (C=O) groups is 2. The molecule has 2 amide bonds. The molecule has 1 unspecified atom stereocenters. The molecule has 1 atom stereocenters. The first-order valence-corrected chi connectivity index (χ1v) is 8.37. The molecule has 2 rings (SSSR count). The van der Waals surface area contributed by atoms with E-state index in [0.717, 1.165) is 11.0 Å². The summed E-state index contributed by atoms with van der Waals surface area (Å²) in [4.78, 5) is 24.4. The van der Waals surface area contributed by atoms with Gasteiger partial charge in [-0.3, -0.25) is 9.59 Å². The van der Waals surface area contributed by atoms with Crippen molar-refractivity contribution in [3.8, 4) is 0 Å². The van der Waals surface area contributed by atoms with E-state index in [1.807, 2.05) is 12.1 Å². The van der Waals surface area contributed by atoms with E-state index in [1.165, 1.54) is 24.8 Å². The molecule has 0 spiro atoms. The van der Waals surface area contributed by atoms with Crippen LogP contribution in [0.3, 0.4) is 0 Å². The second-order valence-corrected chi connectivity index (χ2v) is 6.96. The lowest BCUT2D eigenvalue weighted by molar-refractivity contribution is -0.115. The standard InChI is InChI=1S/C17H16ClFN2O2S/c1-9-13(19)7-11(16(20)22)8-14(9)21-17(23)10(2)24-15-6-4-3-5-12(15)18/h3-8,10H,1-2H3,(H2,20,22)(H,21,23). The summed E-state index contributed by atoms with van der Waals surface area (Å²) in [6, 6.07) is 9.61. The van der Waals surface area contributed by atoms with Crippen LogP contribution in [0.2, 0.25) is 5.02 Å². The van der Waals surface area contributed by atoms with Crippen molar-refractivity contribution < 1.29 is 14.0 Å². The van der Waals surface area contributed by atoms with Gasteiger partial charge in [0.25, 0.3) is 0 Å². The Morgan fingerprint density at radius 3 is 2.58 bits per heavy atom. The highest BCUT2D eigenvalue weighted by molar-refractivity contribution is 8.00. The number of hydrogen-bond acceptors (Lipinski definition) is 3. The van der Waals surface area contributed by atoms with Crippen LogP contribution in [0.25, 0.3) is 0 Å². The molecule has 0 aliphatic carbocycles. The van der Waals surface area contributed by atoms with Crippen molar-refractivity contribution in [1.82, 2.24) is 0 Å². The first-order chi connectivity index (χ1) is 11.3. The predicted molar refractivity (Wildman–Crippen MR) is 95.1 cm³/mol. The van der Waals surface area contributed by atoms with Gasteiger partial charge < -0.3 is 11.1 Å². The Kier molecular flexibility index (Phi) is 5.85. The Hall–Kier alpha value is -2.05. The Morgan fingerprint density at radius 2 is 1.96 bits per heavy atom. The van der Waals surface area contributed by atoms with E-state index in [0.29, 0.717) is 5.02 Å². The second kappa shape index (κ2) is 7.68. The van der Waals surface area contributed by atoms with Crippen molar-refractivity contribution in [3.05, 3.63) is 58.4 Å². The van der Waals surface area contributed by atoms with Crippen LogP contribution in [-0.2, 0) is 4.79 Å². The maximum absolute atomic E-state index is 13.9. The molecule has 0 saturated heterocycles. The third kappa shape index (κ3) is 4.27. The minimum atomic E-state index is -0.761. The molecule has 2 aromatic carbocycles. The van der Waals surface area contributed by atoms with Crippen molar-refractivity contribution in [2.75, 3.05) is 5.32 Å². The van der Waals surface area contributed by atoms with E-state index in [1.54, 1.807) is 19.1 Å². The minimum Gasteiger partial charge on any atom is -0.366 e. The molecule has 4 nitrogen and oxygen atoms in total. The molecule has 7 heteroatoms. The molecule has 24 heavy (non-hydrogen) atoms. The fourth-order valence-corrected chi connectivity index (χ4v) is 3.12. The number of halogens is 2. The number of nitrogens with one attached hydrogen (secondary N) is 1. The van der Waals surface area contributed by atoms with E-state index < -0.39 is 17.0 Å². The van der Waals surface area contributed by atoms with E-state index >= 15 is 0 Å². The fourth-order valence-electron chi connectivity index (χ4n) is 1.97. The normalized spacial score (nSPS) is 11.8. The zero-order valence-corrected chi connectivity index (χ0v) is 14.7. The van der Waals surface area contributed by atoms with Gasteiger partial charge in [-0.2, -0.15) is 0 Å². The summed E-state index contributed by atoms with van der Waals surface area (Å²) in [5.41, 5.74) is 5.64. The summed E-state index contributed by atoms with van der Waals surface area (Å²) < 4.78 is 13.9. The molecular weight excluding hydrogens is 351 g/mol. The van der Waals surface area contributed by atoms with Gasteiger partial charge in [-0.25, -0.2) is 4.39 Å². The number of primary amides is 1. The van der Waals surface area contributed by atoms with Crippen molar-refractivity contribution >= 4 is 40.9 Å². The number of rotatable bonds is 5. The summed E-state index contributed by atoms with van der Waals surface area (Å²) in [6.07, 6.45) is 0. The highest BCUT2D eigenvalue weighted by Gasteiger charge is 2.18. The Bertz CT molecular complexity index is 798. The monoisotopic (exact) mass is 366 g/mol. The molecule has 0 aliphatic rings. The van der Waals surface area contributed by atoms with Crippen molar-refractivity contribution in [2.24, 2.45) is 5.73 Å². The number of benzene rings is 2. The van der Waals surface area contributed by atoms with Gasteiger partial charge in [-0.05, 0) is 38.1 Å². The van der Waals surface area contributed by atoms with Gasteiger partial charge in [0.05, 0.1) is 10.3 Å². The van der Waals surface area contributed by atoms with Crippen molar-refractivity contribution in [1.29, 1.82) is 0 Å². The molecule has 0 bridgehead atoms. The zero-order chi connectivity index (χ0) is 17.9. The van der Waals surface area contributed by atoms with Gasteiger partial charge in [-0.15, -0.1) is 11.8 Å². The van der Waals surface area contributed by atoms with Crippen molar-refractivity contribution in [3.63, 3.8) is 0 Å². The summed E-state index contributed by atoms with van der Waals surface area (Å²) in [5.74, 6) is -1.69. The van der Waals surface area contributed by atoms with Crippen LogP contribution in [0.5, 0.6) is 0 Å². The molecular formula is C17H16ClFN2O2S. The third-order valence-corrected chi connectivity index (χ3v) is 5.02. The molecule has 0 radical (unpaired) electrons. The van der Waals surface area contributed by atoms with Gasteiger partial charge in [-0.1, -0.05) is 23.7 Å². The molecule has 2 aromatic rings. The summed E-state index contributed by atoms with van der Waals surface area (Å²) in [7, 11) is 0. The molecule has 0 aliphatic heterocycles. The van der Waals surface area contributed by atoms with Gasteiger partial charge in [0, 0.05) is 21.7 Å². The van der Waals surface area contributed by atoms with Crippen LogP contribution in [0.1, 0.15) is 22.8 Å². The molecule has 0 heterocycles. The van der Waals surface area contributed by atoms with Gasteiger partial charge >= 0.3 is 0 Å². The average molecular weight is 367 g/mol. The summed E-state index contributed by atoms with van der Waals surface area (Å²) >= 11 is 7.37. The topological polar surface area (TPSA) is 72.2 Å². The van der Waals surface area contributed by atoms with E-state index in [4.69, 9.17) is 17.3 Å². The van der Waals surface area contributed by atoms with Crippen LogP contribution in [0.15, 0.2) is 41.3 Å². The number of hydrogen-bond donors (Lipinski definition) is 2. The minimum absolute atomic E-state index is 0.000176. The summed E-state index contributed by atoms with van der Waals surface area (Å²) in [5, 5.41) is 2.72. The van der Waals surface area contributed by atoms with E-state index in [-0.39, 0.29) is 22.7 Å². The van der Waals surface area contributed by atoms with E-state index in [9.17, 15) is 14.0 Å². The highest BCUT2D eigenvalue weighted by Crippen LogP contribution is 2.31. The van der Waals surface area contributed by atoms with Crippen LogP contribution in [0, 0.1) is 12.7 Å².